The predicted molar refractivity (Wildman–Crippen MR) is 81.1 cm³/mol. The summed E-state index contributed by atoms with van der Waals surface area (Å²) in [6, 6.07) is 15.0. The van der Waals surface area contributed by atoms with Crippen LogP contribution in [0.25, 0.3) is 0 Å². The first-order valence-electron chi connectivity index (χ1n) is 6.73. The maximum absolute atomic E-state index is 9.92. The first-order chi connectivity index (χ1) is 10.1. The van der Waals surface area contributed by atoms with Gasteiger partial charge in [-0.05, 0) is 30.7 Å². The van der Waals surface area contributed by atoms with Crippen LogP contribution in [0.3, 0.4) is 0 Å². The van der Waals surface area contributed by atoms with Crippen LogP contribution in [0.15, 0.2) is 42.5 Å². The van der Waals surface area contributed by atoms with Gasteiger partial charge in [0.2, 0.25) is 0 Å². The molecular weight excluding hydrogens is 264 g/mol. The molecule has 0 aliphatic carbocycles. The second kappa shape index (κ2) is 6.78. The maximum atomic E-state index is 9.92. The van der Waals surface area contributed by atoms with E-state index in [1.165, 1.54) is 0 Å². The molecule has 108 valence electrons. The number of nitrogens with zero attached hydrogens (tertiary/aromatic N) is 1. The van der Waals surface area contributed by atoms with Crippen LogP contribution in [0.2, 0.25) is 0 Å². The normalized spacial score (nSPS) is 11.7. The van der Waals surface area contributed by atoms with Crippen molar-refractivity contribution in [2.24, 2.45) is 0 Å². The summed E-state index contributed by atoms with van der Waals surface area (Å²) in [6.07, 6.45) is 0. The van der Waals surface area contributed by atoms with E-state index < -0.39 is 0 Å². The van der Waals surface area contributed by atoms with E-state index in [2.05, 4.69) is 11.4 Å². The van der Waals surface area contributed by atoms with E-state index in [4.69, 9.17) is 10.00 Å². The summed E-state index contributed by atoms with van der Waals surface area (Å²) in [6.45, 7) is 2.60. The summed E-state index contributed by atoms with van der Waals surface area (Å²) in [4.78, 5) is 0. The van der Waals surface area contributed by atoms with E-state index in [9.17, 15) is 5.11 Å². The third-order valence-corrected chi connectivity index (χ3v) is 3.43. The molecule has 2 rings (SSSR count). The number of phenols is 1. The van der Waals surface area contributed by atoms with Gasteiger partial charge in [0.05, 0.1) is 18.7 Å². The second-order valence-electron chi connectivity index (χ2n) is 4.83. The molecule has 0 aliphatic heterocycles. The van der Waals surface area contributed by atoms with Gasteiger partial charge in [-0.3, -0.25) is 0 Å². The van der Waals surface area contributed by atoms with E-state index >= 15 is 0 Å². The smallest absolute Gasteiger partial charge is 0.123 e. The molecule has 0 bridgehead atoms. The van der Waals surface area contributed by atoms with E-state index in [0.29, 0.717) is 17.9 Å². The van der Waals surface area contributed by atoms with E-state index in [1.807, 2.05) is 31.2 Å². The van der Waals surface area contributed by atoms with Crippen LogP contribution in [0.4, 0.5) is 0 Å². The van der Waals surface area contributed by atoms with Crippen molar-refractivity contribution in [3.8, 4) is 17.6 Å². The summed E-state index contributed by atoms with van der Waals surface area (Å²) < 4.78 is 5.06. The highest BCUT2D eigenvalue weighted by Crippen LogP contribution is 2.24. The fourth-order valence-electron chi connectivity index (χ4n) is 2.05. The zero-order valence-electron chi connectivity index (χ0n) is 12.1. The van der Waals surface area contributed by atoms with Gasteiger partial charge >= 0.3 is 0 Å². The monoisotopic (exact) mass is 282 g/mol. The molecule has 0 heterocycles. The Morgan fingerprint density at radius 2 is 1.95 bits per heavy atom. The van der Waals surface area contributed by atoms with Crippen LogP contribution in [0.1, 0.15) is 29.7 Å². The molecule has 0 aromatic heterocycles. The van der Waals surface area contributed by atoms with Crippen molar-refractivity contribution in [2.75, 3.05) is 7.11 Å². The van der Waals surface area contributed by atoms with Crippen molar-refractivity contribution >= 4 is 0 Å². The molecule has 4 heteroatoms. The Kier molecular flexibility index (Phi) is 4.81. The van der Waals surface area contributed by atoms with Gasteiger partial charge in [-0.15, -0.1) is 0 Å². The van der Waals surface area contributed by atoms with Crippen molar-refractivity contribution < 1.29 is 9.84 Å². The molecule has 2 aromatic carbocycles. The Bertz CT molecular complexity index is 645. The minimum Gasteiger partial charge on any atom is -0.507 e. The van der Waals surface area contributed by atoms with Gasteiger partial charge < -0.3 is 15.2 Å². The Morgan fingerprint density at radius 1 is 1.24 bits per heavy atom. The van der Waals surface area contributed by atoms with Crippen molar-refractivity contribution in [1.29, 1.82) is 5.26 Å². The van der Waals surface area contributed by atoms with Crippen LogP contribution >= 0.6 is 0 Å². The van der Waals surface area contributed by atoms with Gasteiger partial charge in [0.15, 0.2) is 0 Å². The van der Waals surface area contributed by atoms with E-state index in [0.717, 1.165) is 11.1 Å². The first-order valence-corrected chi connectivity index (χ1v) is 6.73. The summed E-state index contributed by atoms with van der Waals surface area (Å²) in [5.74, 6) is 0.852. The predicted octanol–water partition coefficient (Wildman–Crippen LogP) is 3.12. The van der Waals surface area contributed by atoms with Crippen LogP contribution in [-0.4, -0.2) is 12.2 Å². The average molecular weight is 282 g/mol. The highest BCUT2D eigenvalue weighted by Gasteiger charge is 2.07. The maximum Gasteiger partial charge on any atom is 0.123 e. The molecular formula is C17H18N2O2. The van der Waals surface area contributed by atoms with Crippen molar-refractivity contribution in [1.82, 2.24) is 5.32 Å². The standard InChI is InChI=1S/C17H18N2O2/c1-12(14-5-3-13(10-18)4-6-14)19-11-15-7-8-16(21-2)9-17(15)20/h3-9,12,19-20H,11H2,1-2H3. The molecule has 2 aromatic rings. The van der Waals surface area contributed by atoms with E-state index in [-0.39, 0.29) is 11.8 Å². The van der Waals surface area contributed by atoms with E-state index in [1.54, 1.807) is 25.3 Å². The first kappa shape index (κ1) is 14.9. The van der Waals surface area contributed by atoms with Crippen molar-refractivity contribution in [3.63, 3.8) is 0 Å². The highest BCUT2D eigenvalue weighted by atomic mass is 16.5. The topological polar surface area (TPSA) is 65.3 Å². The average Bonchev–Trinajstić information content (AvgIpc) is 2.53. The van der Waals surface area contributed by atoms with Crippen LogP contribution in [0.5, 0.6) is 11.5 Å². The van der Waals surface area contributed by atoms with Gasteiger partial charge in [-0.2, -0.15) is 5.26 Å². The molecule has 0 aliphatic rings. The van der Waals surface area contributed by atoms with Crippen molar-refractivity contribution in [3.05, 3.63) is 59.2 Å². The molecule has 4 nitrogen and oxygen atoms in total. The molecule has 21 heavy (non-hydrogen) atoms. The van der Waals surface area contributed by atoms with Crippen LogP contribution in [0, 0.1) is 11.3 Å². The van der Waals surface area contributed by atoms with Crippen LogP contribution in [-0.2, 0) is 6.54 Å². The van der Waals surface area contributed by atoms with Gasteiger partial charge in [0.1, 0.15) is 11.5 Å². The molecule has 1 atom stereocenters. The molecule has 0 saturated carbocycles. The number of rotatable bonds is 5. The fraction of sp³-hybridized carbons (Fsp3) is 0.235. The number of nitrogens with one attached hydrogen (secondary N) is 1. The third-order valence-electron chi connectivity index (χ3n) is 3.43. The number of ether oxygens (including phenoxy) is 1. The minimum absolute atomic E-state index is 0.124. The molecule has 0 spiro atoms. The number of nitriles is 1. The largest absolute Gasteiger partial charge is 0.507 e. The zero-order valence-corrected chi connectivity index (χ0v) is 12.1. The molecule has 2 N–H and O–H groups in total. The Labute approximate surface area is 124 Å². The number of phenolic OH excluding ortho intramolecular Hbond substituents is 1. The summed E-state index contributed by atoms with van der Waals surface area (Å²) in [5.41, 5.74) is 2.57. The molecule has 0 radical (unpaired) electrons. The SMILES string of the molecule is COc1ccc(CNC(C)c2ccc(C#N)cc2)c(O)c1. The Balaban J connectivity index is 2.00. The number of aromatic hydroxyl groups is 1. The number of hydrogen-bond acceptors (Lipinski definition) is 4. The van der Waals surface area contributed by atoms with Gasteiger partial charge in [0, 0.05) is 24.2 Å². The lowest BCUT2D eigenvalue weighted by atomic mass is 10.1. The highest BCUT2D eigenvalue weighted by molar-refractivity contribution is 5.39. The van der Waals surface area contributed by atoms with Gasteiger partial charge in [0.25, 0.3) is 0 Å². The quantitative estimate of drug-likeness (QED) is 0.884. The third kappa shape index (κ3) is 3.74. The zero-order chi connectivity index (χ0) is 15.2. The molecule has 0 saturated heterocycles. The minimum atomic E-state index is 0.124. The second-order valence-corrected chi connectivity index (χ2v) is 4.83. The van der Waals surface area contributed by atoms with Crippen LogP contribution < -0.4 is 10.1 Å². The number of hydrogen-bond donors (Lipinski definition) is 2. The lowest BCUT2D eigenvalue weighted by Crippen LogP contribution is -2.18. The van der Waals surface area contributed by atoms with Gasteiger partial charge in [-0.25, -0.2) is 0 Å². The number of benzene rings is 2. The molecule has 0 amide bonds. The number of methoxy groups -OCH3 is 1. The summed E-state index contributed by atoms with van der Waals surface area (Å²) in [7, 11) is 1.57. The lowest BCUT2D eigenvalue weighted by molar-refractivity contribution is 0.405. The fourth-order valence-corrected chi connectivity index (χ4v) is 2.05. The Morgan fingerprint density at radius 3 is 2.52 bits per heavy atom. The Hall–Kier alpha value is -2.51. The summed E-state index contributed by atoms with van der Waals surface area (Å²) in [5, 5.41) is 22.1. The molecule has 1 unspecified atom stereocenters. The summed E-state index contributed by atoms with van der Waals surface area (Å²) >= 11 is 0. The van der Waals surface area contributed by atoms with Gasteiger partial charge in [-0.1, -0.05) is 18.2 Å². The van der Waals surface area contributed by atoms with Crippen molar-refractivity contribution in [2.45, 2.75) is 19.5 Å². The molecule has 0 fully saturated rings. The lowest BCUT2D eigenvalue weighted by Gasteiger charge is -2.15.